The molecule has 1 aromatic carbocycles. The molecule has 1 unspecified atom stereocenters. The SMILES string of the molecule is O=C(NCCNc1nc2ccccc2s1)C1CCCN(c2cnccn2)C1. The maximum absolute atomic E-state index is 12.5. The largest absolute Gasteiger partial charge is 0.360 e. The molecule has 1 atom stereocenters. The van der Waals surface area contributed by atoms with Crippen molar-refractivity contribution >= 4 is 38.4 Å². The summed E-state index contributed by atoms with van der Waals surface area (Å²) in [5, 5.41) is 7.22. The Bertz CT molecular complexity index is 866. The summed E-state index contributed by atoms with van der Waals surface area (Å²) in [5.74, 6) is 0.936. The molecule has 0 saturated carbocycles. The van der Waals surface area contributed by atoms with Crippen LogP contribution in [0.1, 0.15) is 12.8 Å². The molecule has 0 aliphatic carbocycles. The van der Waals surface area contributed by atoms with Crippen molar-refractivity contribution in [1.29, 1.82) is 0 Å². The molecule has 140 valence electrons. The van der Waals surface area contributed by atoms with Crippen molar-refractivity contribution in [3.8, 4) is 0 Å². The molecule has 27 heavy (non-hydrogen) atoms. The third-order valence-corrected chi connectivity index (χ3v) is 5.65. The maximum Gasteiger partial charge on any atom is 0.224 e. The van der Waals surface area contributed by atoms with Crippen molar-refractivity contribution < 1.29 is 4.79 Å². The van der Waals surface area contributed by atoms with Gasteiger partial charge in [-0.25, -0.2) is 9.97 Å². The summed E-state index contributed by atoms with van der Waals surface area (Å²) >= 11 is 1.63. The number of carbonyl (C=O) groups is 1. The minimum atomic E-state index is -0.0109. The Kier molecular flexibility index (Phi) is 5.43. The third-order valence-electron chi connectivity index (χ3n) is 4.66. The predicted molar refractivity (Wildman–Crippen MR) is 108 cm³/mol. The van der Waals surface area contributed by atoms with Crippen LogP contribution in [0.25, 0.3) is 10.2 Å². The number of hydrogen-bond acceptors (Lipinski definition) is 7. The minimum Gasteiger partial charge on any atom is -0.360 e. The van der Waals surface area contributed by atoms with Crippen molar-refractivity contribution in [2.45, 2.75) is 12.8 Å². The summed E-state index contributed by atoms with van der Waals surface area (Å²) in [6.45, 7) is 2.85. The van der Waals surface area contributed by atoms with E-state index >= 15 is 0 Å². The number of carbonyl (C=O) groups excluding carboxylic acids is 1. The Labute approximate surface area is 161 Å². The summed E-state index contributed by atoms with van der Waals surface area (Å²) < 4.78 is 1.16. The molecule has 0 radical (unpaired) electrons. The number of aromatic nitrogens is 3. The van der Waals surface area contributed by atoms with Crippen LogP contribution in [0.15, 0.2) is 42.9 Å². The zero-order valence-electron chi connectivity index (χ0n) is 15.0. The Morgan fingerprint density at radius 3 is 3.04 bits per heavy atom. The molecule has 0 bridgehead atoms. The van der Waals surface area contributed by atoms with Gasteiger partial charge in [-0.05, 0) is 25.0 Å². The summed E-state index contributed by atoms with van der Waals surface area (Å²) in [6.07, 6.45) is 7.00. The Balaban J connectivity index is 1.24. The van der Waals surface area contributed by atoms with E-state index in [9.17, 15) is 4.79 Å². The van der Waals surface area contributed by atoms with Gasteiger partial charge < -0.3 is 15.5 Å². The highest BCUT2D eigenvalue weighted by Crippen LogP contribution is 2.25. The van der Waals surface area contributed by atoms with Crippen LogP contribution in [0.5, 0.6) is 0 Å². The van der Waals surface area contributed by atoms with E-state index in [-0.39, 0.29) is 11.8 Å². The van der Waals surface area contributed by atoms with Gasteiger partial charge in [0.05, 0.1) is 22.3 Å². The Morgan fingerprint density at radius 2 is 2.19 bits per heavy atom. The molecule has 1 amide bonds. The predicted octanol–water partition coefficient (Wildman–Crippen LogP) is 2.53. The normalized spacial score (nSPS) is 17.0. The van der Waals surface area contributed by atoms with Gasteiger partial charge in [0.15, 0.2) is 5.13 Å². The van der Waals surface area contributed by atoms with Crippen LogP contribution in [-0.2, 0) is 4.79 Å². The number of hydrogen-bond donors (Lipinski definition) is 2. The highest BCUT2D eigenvalue weighted by molar-refractivity contribution is 7.22. The second-order valence-corrected chi connectivity index (χ2v) is 7.58. The van der Waals surface area contributed by atoms with Crippen molar-refractivity contribution in [3.05, 3.63) is 42.9 Å². The molecule has 1 saturated heterocycles. The number of para-hydroxylation sites is 1. The van der Waals surface area contributed by atoms with Gasteiger partial charge >= 0.3 is 0 Å². The van der Waals surface area contributed by atoms with Crippen LogP contribution >= 0.6 is 11.3 Å². The summed E-state index contributed by atoms with van der Waals surface area (Å²) in [7, 11) is 0. The topological polar surface area (TPSA) is 83.0 Å². The molecule has 3 heterocycles. The third kappa shape index (κ3) is 4.33. The zero-order valence-corrected chi connectivity index (χ0v) is 15.8. The molecule has 4 rings (SSSR count). The fourth-order valence-corrected chi connectivity index (χ4v) is 4.19. The van der Waals surface area contributed by atoms with Gasteiger partial charge in [-0.15, -0.1) is 0 Å². The first kappa shape index (κ1) is 17.7. The van der Waals surface area contributed by atoms with E-state index in [4.69, 9.17) is 0 Å². The fourth-order valence-electron chi connectivity index (χ4n) is 3.30. The number of nitrogens with one attached hydrogen (secondary N) is 2. The number of anilines is 2. The van der Waals surface area contributed by atoms with Gasteiger partial charge in [0.25, 0.3) is 0 Å². The lowest BCUT2D eigenvalue weighted by molar-refractivity contribution is -0.125. The van der Waals surface area contributed by atoms with E-state index < -0.39 is 0 Å². The number of thiazole rings is 1. The molecule has 2 aromatic heterocycles. The summed E-state index contributed by atoms with van der Waals surface area (Å²) in [4.78, 5) is 27.6. The first-order valence-corrected chi connectivity index (χ1v) is 9.99. The highest BCUT2D eigenvalue weighted by atomic mass is 32.1. The molecule has 7 nitrogen and oxygen atoms in total. The van der Waals surface area contributed by atoms with E-state index in [0.717, 1.165) is 40.6 Å². The quantitative estimate of drug-likeness (QED) is 0.638. The smallest absolute Gasteiger partial charge is 0.224 e. The lowest BCUT2D eigenvalue weighted by Crippen LogP contribution is -2.44. The molecule has 1 fully saturated rings. The van der Waals surface area contributed by atoms with Crippen LogP contribution in [0.3, 0.4) is 0 Å². The molecule has 2 N–H and O–H groups in total. The Hall–Kier alpha value is -2.74. The summed E-state index contributed by atoms with van der Waals surface area (Å²) in [6, 6.07) is 8.07. The summed E-state index contributed by atoms with van der Waals surface area (Å²) in [5.41, 5.74) is 1.00. The Morgan fingerprint density at radius 1 is 1.26 bits per heavy atom. The second kappa shape index (κ2) is 8.30. The average molecular weight is 382 g/mol. The van der Waals surface area contributed by atoms with Gasteiger partial charge in [-0.3, -0.25) is 9.78 Å². The number of piperidine rings is 1. The average Bonchev–Trinajstić information content (AvgIpc) is 3.15. The van der Waals surface area contributed by atoms with Gasteiger partial charge in [0, 0.05) is 38.6 Å². The van der Waals surface area contributed by atoms with Crippen molar-refractivity contribution in [1.82, 2.24) is 20.3 Å². The molecule has 1 aliphatic heterocycles. The highest BCUT2D eigenvalue weighted by Gasteiger charge is 2.26. The van der Waals surface area contributed by atoms with Gasteiger partial charge in [-0.1, -0.05) is 23.5 Å². The zero-order chi connectivity index (χ0) is 18.5. The van der Waals surface area contributed by atoms with Gasteiger partial charge in [0.2, 0.25) is 5.91 Å². The molecule has 1 aliphatic rings. The number of nitrogens with zero attached hydrogens (tertiary/aromatic N) is 4. The van der Waals surface area contributed by atoms with Crippen LogP contribution in [0.2, 0.25) is 0 Å². The molecule has 0 spiro atoms. The monoisotopic (exact) mass is 382 g/mol. The fraction of sp³-hybridized carbons (Fsp3) is 0.368. The second-order valence-electron chi connectivity index (χ2n) is 6.55. The van der Waals surface area contributed by atoms with E-state index in [2.05, 4.69) is 36.6 Å². The maximum atomic E-state index is 12.5. The van der Waals surface area contributed by atoms with Crippen LogP contribution in [-0.4, -0.2) is 47.0 Å². The lowest BCUT2D eigenvalue weighted by Gasteiger charge is -2.32. The molecule has 8 heteroatoms. The first-order chi connectivity index (χ1) is 13.3. The van der Waals surface area contributed by atoms with Crippen LogP contribution in [0.4, 0.5) is 10.9 Å². The molecule has 3 aromatic rings. The van der Waals surface area contributed by atoms with E-state index in [1.807, 2.05) is 18.2 Å². The standard InChI is InChI=1S/C19H22N6OS/c26-18(14-4-3-11-25(13-14)17-12-20-7-8-21-17)22-9-10-23-19-24-15-5-1-2-6-16(15)27-19/h1-2,5-8,12,14H,3-4,9-11,13H2,(H,22,26)(H,23,24). The van der Waals surface area contributed by atoms with Gasteiger partial charge in [0.1, 0.15) is 5.82 Å². The van der Waals surface area contributed by atoms with E-state index in [1.165, 1.54) is 0 Å². The van der Waals surface area contributed by atoms with Gasteiger partial charge in [-0.2, -0.15) is 0 Å². The van der Waals surface area contributed by atoms with Crippen LogP contribution < -0.4 is 15.5 Å². The minimum absolute atomic E-state index is 0.0109. The van der Waals surface area contributed by atoms with E-state index in [1.54, 1.807) is 29.9 Å². The van der Waals surface area contributed by atoms with Crippen molar-refractivity contribution in [2.75, 3.05) is 36.4 Å². The lowest BCUT2D eigenvalue weighted by atomic mass is 9.97. The van der Waals surface area contributed by atoms with Crippen molar-refractivity contribution in [2.24, 2.45) is 5.92 Å². The number of rotatable bonds is 6. The van der Waals surface area contributed by atoms with Crippen molar-refractivity contribution in [3.63, 3.8) is 0 Å². The first-order valence-electron chi connectivity index (χ1n) is 9.18. The van der Waals surface area contributed by atoms with Crippen LogP contribution in [0, 0.1) is 5.92 Å². The number of fused-ring (bicyclic) bond motifs is 1. The number of amides is 1. The number of benzene rings is 1. The van der Waals surface area contributed by atoms with E-state index in [0.29, 0.717) is 19.6 Å². The molecular weight excluding hydrogens is 360 g/mol. The molecular formula is C19H22N6OS.